The second kappa shape index (κ2) is 6.47. The number of aromatic nitrogens is 2. The van der Waals surface area contributed by atoms with Crippen LogP contribution in [0.4, 0.5) is 5.82 Å². The van der Waals surface area contributed by atoms with Gasteiger partial charge in [0.25, 0.3) is 0 Å². The summed E-state index contributed by atoms with van der Waals surface area (Å²) in [5.74, 6) is 0.874. The number of nitrogens with zero attached hydrogens (tertiary/aromatic N) is 3. The molecule has 0 atom stereocenters. The Hall–Kier alpha value is -1.46. The molecule has 0 aliphatic rings. The van der Waals surface area contributed by atoms with E-state index in [1.54, 1.807) is 12.5 Å². The zero-order valence-corrected chi connectivity index (χ0v) is 11.5. The summed E-state index contributed by atoms with van der Waals surface area (Å²) >= 11 is 3.47. The van der Waals surface area contributed by atoms with E-state index in [9.17, 15) is 0 Å². The lowest BCUT2D eigenvalue weighted by molar-refractivity contribution is 0.770. The first kappa shape index (κ1) is 13.0. The first-order chi connectivity index (χ1) is 8.81. The van der Waals surface area contributed by atoms with Crippen molar-refractivity contribution in [2.45, 2.75) is 6.54 Å². The highest BCUT2D eigenvalue weighted by atomic mass is 79.9. The van der Waals surface area contributed by atoms with E-state index in [4.69, 9.17) is 5.73 Å². The van der Waals surface area contributed by atoms with Gasteiger partial charge < -0.3 is 10.6 Å². The van der Waals surface area contributed by atoms with Crippen LogP contribution in [0.25, 0.3) is 0 Å². The molecule has 0 amide bonds. The highest BCUT2D eigenvalue weighted by Crippen LogP contribution is 2.23. The van der Waals surface area contributed by atoms with Crippen molar-refractivity contribution in [3.05, 3.63) is 52.9 Å². The van der Waals surface area contributed by atoms with Crippen LogP contribution < -0.4 is 10.6 Å². The molecular weight excluding hydrogens is 292 g/mol. The number of anilines is 1. The number of benzene rings is 1. The van der Waals surface area contributed by atoms with E-state index in [0.717, 1.165) is 23.4 Å². The summed E-state index contributed by atoms with van der Waals surface area (Å²) in [7, 11) is 0. The van der Waals surface area contributed by atoms with Gasteiger partial charge in [0.15, 0.2) is 0 Å². The lowest BCUT2D eigenvalue weighted by Gasteiger charge is -2.23. The first-order valence-corrected chi connectivity index (χ1v) is 6.55. The SMILES string of the molecule is NCCN(Cc1ccccc1)c1ncncc1Br. The Morgan fingerprint density at radius 1 is 1.22 bits per heavy atom. The molecule has 0 radical (unpaired) electrons. The monoisotopic (exact) mass is 306 g/mol. The van der Waals surface area contributed by atoms with Gasteiger partial charge in [-0.05, 0) is 21.5 Å². The van der Waals surface area contributed by atoms with Crippen LogP contribution in [0.15, 0.2) is 47.3 Å². The van der Waals surface area contributed by atoms with Gasteiger partial charge >= 0.3 is 0 Å². The zero-order chi connectivity index (χ0) is 12.8. The minimum atomic E-state index is 0.587. The molecule has 5 heteroatoms. The molecule has 94 valence electrons. The predicted octanol–water partition coefficient (Wildman–Crippen LogP) is 2.20. The van der Waals surface area contributed by atoms with Crippen molar-refractivity contribution in [2.75, 3.05) is 18.0 Å². The molecule has 0 spiro atoms. The third-order valence-electron chi connectivity index (χ3n) is 2.56. The summed E-state index contributed by atoms with van der Waals surface area (Å²) in [6.07, 6.45) is 3.30. The van der Waals surface area contributed by atoms with Crippen molar-refractivity contribution in [3.63, 3.8) is 0 Å². The van der Waals surface area contributed by atoms with Gasteiger partial charge in [0.2, 0.25) is 0 Å². The van der Waals surface area contributed by atoms with Crippen molar-refractivity contribution in [1.29, 1.82) is 0 Å². The average molecular weight is 307 g/mol. The third kappa shape index (κ3) is 3.27. The van der Waals surface area contributed by atoms with Gasteiger partial charge in [0.05, 0.1) is 4.47 Å². The molecule has 0 saturated heterocycles. The molecule has 1 heterocycles. The Bertz CT molecular complexity index is 489. The van der Waals surface area contributed by atoms with Gasteiger partial charge in [-0.3, -0.25) is 0 Å². The Kier molecular flexibility index (Phi) is 4.66. The van der Waals surface area contributed by atoms with Gasteiger partial charge in [0.1, 0.15) is 12.1 Å². The third-order valence-corrected chi connectivity index (χ3v) is 3.12. The Labute approximate surface area is 115 Å². The van der Waals surface area contributed by atoms with Crippen LogP contribution in [0, 0.1) is 0 Å². The average Bonchev–Trinajstić information content (AvgIpc) is 2.40. The molecule has 0 aliphatic carbocycles. The standard InChI is InChI=1S/C13H15BrN4/c14-12-8-16-10-17-13(12)18(7-6-15)9-11-4-2-1-3-5-11/h1-5,8,10H,6-7,9,15H2. The summed E-state index contributed by atoms with van der Waals surface area (Å²) < 4.78 is 0.884. The molecule has 0 unspecified atom stereocenters. The molecule has 0 saturated carbocycles. The molecule has 1 aromatic heterocycles. The topological polar surface area (TPSA) is 55.0 Å². The van der Waals surface area contributed by atoms with Crippen LogP contribution in [0.3, 0.4) is 0 Å². The fraction of sp³-hybridized carbons (Fsp3) is 0.231. The van der Waals surface area contributed by atoms with Crippen LogP contribution in [-0.2, 0) is 6.54 Å². The maximum Gasteiger partial charge on any atom is 0.146 e. The van der Waals surface area contributed by atoms with Crippen LogP contribution in [0.5, 0.6) is 0 Å². The number of rotatable bonds is 5. The maximum absolute atomic E-state index is 5.67. The predicted molar refractivity (Wildman–Crippen MR) is 76.3 cm³/mol. The first-order valence-electron chi connectivity index (χ1n) is 5.75. The summed E-state index contributed by atoms with van der Waals surface area (Å²) in [4.78, 5) is 10.4. The lowest BCUT2D eigenvalue weighted by Crippen LogP contribution is -2.30. The highest BCUT2D eigenvalue weighted by Gasteiger charge is 2.11. The van der Waals surface area contributed by atoms with E-state index in [2.05, 4.69) is 42.9 Å². The van der Waals surface area contributed by atoms with Gasteiger partial charge in [-0.2, -0.15) is 0 Å². The van der Waals surface area contributed by atoms with E-state index in [1.807, 2.05) is 18.2 Å². The molecule has 0 aliphatic heterocycles. The Morgan fingerprint density at radius 2 is 2.00 bits per heavy atom. The van der Waals surface area contributed by atoms with E-state index in [1.165, 1.54) is 5.56 Å². The molecular formula is C13H15BrN4. The molecule has 2 N–H and O–H groups in total. The smallest absolute Gasteiger partial charge is 0.146 e. The molecule has 18 heavy (non-hydrogen) atoms. The van der Waals surface area contributed by atoms with Crippen LogP contribution in [0.2, 0.25) is 0 Å². The number of hydrogen-bond acceptors (Lipinski definition) is 4. The van der Waals surface area contributed by atoms with E-state index >= 15 is 0 Å². The summed E-state index contributed by atoms with van der Waals surface area (Å²) in [5.41, 5.74) is 6.90. The maximum atomic E-state index is 5.67. The minimum Gasteiger partial charge on any atom is -0.350 e. The molecule has 1 aromatic carbocycles. The molecule has 2 rings (SSSR count). The van der Waals surface area contributed by atoms with Crippen molar-refractivity contribution >= 4 is 21.7 Å². The normalized spacial score (nSPS) is 10.3. The Balaban J connectivity index is 2.21. The Morgan fingerprint density at radius 3 is 2.67 bits per heavy atom. The van der Waals surface area contributed by atoms with Crippen LogP contribution in [-0.4, -0.2) is 23.1 Å². The molecule has 4 nitrogen and oxygen atoms in total. The van der Waals surface area contributed by atoms with Crippen molar-refractivity contribution in [1.82, 2.24) is 9.97 Å². The second-order valence-corrected chi connectivity index (χ2v) is 4.74. The van der Waals surface area contributed by atoms with E-state index in [0.29, 0.717) is 6.54 Å². The van der Waals surface area contributed by atoms with Gasteiger partial charge in [-0.15, -0.1) is 0 Å². The second-order valence-electron chi connectivity index (χ2n) is 3.89. The van der Waals surface area contributed by atoms with Crippen LogP contribution >= 0.6 is 15.9 Å². The number of halogens is 1. The summed E-state index contributed by atoms with van der Waals surface area (Å²) in [6, 6.07) is 10.3. The fourth-order valence-electron chi connectivity index (χ4n) is 1.76. The van der Waals surface area contributed by atoms with Gasteiger partial charge in [0, 0.05) is 25.8 Å². The van der Waals surface area contributed by atoms with Gasteiger partial charge in [-0.25, -0.2) is 9.97 Å². The van der Waals surface area contributed by atoms with Gasteiger partial charge in [-0.1, -0.05) is 30.3 Å². The zero-order valence-electron chi connectivity index (χ0n) is 9.96. The number of nitrogens with two attached hydrogens (primary N) is 1. The lowest BCUT2D eigenvalue weighted by atomic mass is 10.2. The largest absolute Gasteiger partial charge is 0.350 e. The molecule has 2 aromatic rings. The highest BCUT2D eigenvalue weighted by molar-refractivity contribution is 9.10. The van der Waals surface area contributed by atoms with Crippen molar-refractivity contribution in [3.8, 4) is 0 Å². The van der Waals surface area contributed by atoms with Crippen LogP contribution in [0.1, 0.15) is 5.56 Å². The fourth-order valence-corrected chi connectivity index (χ4v) is 2.23. The number of hydrogen-bond donors (Lipinski definition) is 1. The summed E-state index contributed by atoms with van der Waals surface area (Å²) in [6.45, 7) is 2.13. The van der Waals surface area contributed by atoms with E-state index in [-0.39, 0.29) is 0 Å². The van der Waals surface area contributed by atoms with E-state index < -0.39 is 0 Å². The summed E-state index contributed by atoms with van der Waals surface area (Å²) in [5, 5.41) is 0. The quantitative estimate of drug-likeness (QED) is 0.920. The van der Waals surface area contributed by atoms with Crippen molar-refractivity contribution in [2.24, 2.45) is 5.73 Å². The van der Waals surface area contributed by atoms with Crippen molar-refractivity contribution < 1.29 is 0 Å². The minimum absolute atomic E-state index is 0.587. The molecule has 0 fully saturated rings. The molecule has 0 bridgehead atoms.